The fourth-order valence-electron chi connectivity index (χ4n) is 2.97. The van der Waals surface area contributed by atoms with E-state index < -0.39 is 0 Å². The SMILES string of the molecule is Cc1nn(-c2ccccc2)c(C)c1CN(C)Cc1cc(Cl)nc(Cl)c1. The van der Waals surface area contributed by atoms with Crippen LogP contribution in [0, 0.1) is 13.8 Å². The van der Waals surface area contributed by atoms with Crippen molar-refractivity contribution in [1.29, 1.82) is 0 Å². The lowest BCUT2D eigenvalue weighted by Gasteiger charge is -2.17. The van der Waals surface area contributed by atoms with Crippen LogP contribution < -0.4 is 0 Å². The third kappa shape index (κ3) is 4.21. The molecule has 0 fully saturated rings. The minimum atomic E-state index is 0.417. The van der Waals surface area contributed by atoms with E-state index in [0.29, 0.717) is 10.3 Å². The Morgan fingerprint density at radius 1 is 1.00 bits per heavy atom. The van der Waals surface area contributed by atoms with E-state index in [9.17, 15) is 0 Å². The van der Waals surface area contributed by atoms with Crippen LogP contribution in [0.1, 0.15) is 22.5 Å². The summed E-state index contributed by atoms with van der Waals surface area (Å²) in [6, 6.07) is 13.9. The first-order valence-electron chi connectivity index (χ1n) is 8.05. The Kier molecular flexibility index (Phi) is 5.42. The number of hydrogen-bond donors (Lipinski definition) is 0. The quantitative estimate of drug-likeness (QED) is 0.600. The van der Waals surface area contributed by atoms with Crippen molar-refractivity contribution < 1.29 is 0 Å². The molecule has 3 rings (SSSR count). The number of aryl methyl sites for hydroxylation is 1. The molecule has 1 aromatic carbocycles. The molecule has 0 saturated carbocycles. The zero-order chi connectivity index (χ0) is 18.0. The van der Waals surface area contributed by atoms with E-state index in [1.807, 2.05) is 35.0 Å². The molecule has 3 aromatic rings. The standard InChI is InChI=1S/C19H20Cl2N4/c1-13-17(14(2)25(23-13)16-7-5-4-6-8-16)12-24(3)11-15-9-18(20)22-19(21)10-15/h4-10H,11-12H2,1-3H3. The van der Waals surface area contributed by atoms with Crippen LogP contribution in [-0.4, -0.2) is 26.7 Å². The Morgan fingerprint density at radius 3 is 2.28 bits per heavy atom. The van der Waals surface area contributed by atoms with E-state index >= 15 is 0 Å². The second kappa shape index (κ2) is 7.56. The van der Waals surface area contributed by atoms with Gasteiger partial charge in [0.2, 0.25) is 0 Å². The fourth-order valence-corrected chi connectivity index (χ4v) is 3.47. The molecule has 0 radical (unpaired) electrons. The summed E-state index contributed by atoms with van der Waals surface area (Å²) in [5.74, 6) is 0. The predicted octanol–water partition coefficient (Wildman–Crippen LogP) is 4.82. The van der Waals surface area contributed by atoms with Crippen LogP contribution in [-0.2, 0) is 13.1 Å². The van der Waals surface area contributed by atoms with E-state index in [4.69, 9.17) is 28.3 Å². The van der Waals surface area contributed by atoms with Gasteiger partial charge >= 0.3 is 0 Å². The molecule has 4 nitrogen and oxygen atoms in total. The summed E-state index contributed by atoms with van der Waals surface area (Å²) >= 11 is 12.0. The molecule has 0 aliphatic heterocycles. The number of aromatic nitrogens is 3. The molecular formula is C19H20Cl2N4. The lowest BCUT2D eigenvalue weighted by molar-refractivity contribution is 0.317. The lowest BCUT2D eigenvalue weighted by Crippen LogP contribution is -2.18. The Morgan fingerprint density at radius 2 is 1.64 bits per heavy atom. The average molecular weight is 375 g/mol. The third-order valence-electron chi connectivity index (χ3n) is 4.15. The summed E-state index contributed by atoms with van der Waals surface area (Å²) in [6.07, 6.45) is 0. The number of nitrogens with zero attached hydrogens (tertiary/aromatic N) is 4. The first-order valence-corrected chi connectivity index (χ1v) is 8.80. The van der Waals surface area contributed by atoms with Crippen molar-refractivity contribution in [3.63, 3.8) is 0 Å². The van der Waals surface area contributed by atoms with Crippen molar-refractivity contribution in [2.24, 2.45) is 0 Å². The third-order valence-corrected chi connectivity index (χ3v) is 4.53. The highest BCUT2D eigenvalue weighted by molar-refractivity contribution is 6.32. The highest BCUT2D eigenvalue weighted by Crippen LogP contribution is 2.21. The second-order valence-electron chi connectivity index (χ2n) is 6.19. The maximum absolute atomic E-state index is 5.99. The van der Waals surface area contributed by atoms with E-state index in [0.717, 1.165) is 35.7 Å². The maximum Gasteiger partial charge on any atom is 0.131 e. The van der Waals surface area contributed by atoms with Crippen molar-refractivity contribution >= 4 is 23.2 Å². The number of rotatable bonds is 5. The van der Waals surface area contributed by atoms with Crippen molar-refractivity contribution in [2.45, 2.75) is 26.9 Å². The number of halogens is 2. The van der Waals surface area contributed by atoms with E-state index in [1.54, 1.807) is 0 Å². The molecule has 2 aromatic heterocycles. The van der Waals surface area contributed by atoms with Crippen molar-refractivity contribution in [3.05, 3.63) is 75.3 Å². The number of para-hydroxylation sites is 1. The topological polar surface area (TPSA) is 34.0 Å². The number of benzene rings is 1. The van der Waals surface area contributed by atoms with E-state index in [2.05, 4.69) is 42.9 Å². The monoisotopic (exact) mass is 374 g/mol. The average Bonchev–Trinajstić information content (AvgIpc) is 2.83. The number of pyridine rings is 1. The van der Waals surface area contributed by atoms with Crippen molar-refractivity contribution in [1.82, 2.24) is 19.7 Å². The highest BCUT2D eigenvalue weighted by Gasteiger charge is 2.15. The summed E-state index contributed by atoms with van der Waals surface area (Å²) in [5.41, 5.74) is 5.54. The van der Waals surface area contributed by atoms with Gasteiger partial charge in [-0.1, -0.05) is 41.4 Å². The number of hydrogen-bond acceptors (Lipinski definition) is 3. The first-order chi connectivity index (χ1) is 11.9. The summed E-state index contributed by atoms with van der Waals surface area (Å²) in [5, 5.41) is 5.54. The summed E-state index contributed by atoms with van der Waals surface area (Å²) < 4.78 is 2.00. The van der Waals surface area contributed by atoms with Gasteiger partial charge in [-0.2, -0.15) is 5.10 Å². The van der Waals surface area contributed by atoms with E-state index in [-0.39, 0.29) is 0 Å². The molecule has 0 spiro atoms. The minimum absolute atomic E-state index is 0.417. The van der Waals surface area contributed by atoms with Gasteiger partial charge in [-0.3, -0.25) is 4.90 Å². The first kappa shape index (κ1) is 17.9. The van der Waals surface area contributed by atoms with Crippen LogP contribution in [0.5, 0.6) is 0 Å². The fraction of sp³-hybridized carbons (Fsp3) is 0.263. The van der Waals surface area contributed by atoms with Crippen LogP contribution in [0.2, 0.25) is 10.3 Å². The van der Waals surface area contributed by atoms with Crippen molar-refractivity contribution in [3.8, 4) is 5.69 Å². The molecule has 0 amide bonds. The van der Waals surface area contributed by atoms with Gasteiger partial charge in [0.25, 0.3) is 0 Å². The molecule has 0 bridgehead atoms. The minimum Gasteiger partial charge on any atom is -0.298 e. The molecule has 0 saturated heterocycles. The van der Waals surface area contributed by atoms with Crippen LogP contribution in [0.15, 0.2) is 42.5 Å². The second-order valence-corrected chi connectivity index (χ2v) is 6.96. The zero-order valence-corrected chi connectivity index (χ0v) is 16.0. The Balaban J connectivity index is 1.79. The molecule has 0 N–H and O–H groups in total. The van der Waals surface area contributed by atoms with Gasteiger partial charge in [0.15, 0.2) is 0 Å². The molecule has 0 aliphatic rings. The molecule has 2 heterocycles. The van der Waals surface area contributed by atoms with E-state index in [1.165, 1.54) is 5.56 Å². The van der Waals surface area contributed by atoms with Gasteiger partial charge in [0, 0.05) is 24.3 Å². The molecule has 0 aliphatic carbocycles. The Hall–Kier alpha value is -1.88. The van der Waals surface area contributed by atoms with Crippen LogP contribution in [0.25, 0.3) is 5.69 Å². The zero-order valence-electron chi connectivity index (χ0n) is 14.5. The maximum atomic E-state index is 5.99. The van der Waals surface area contributed by atoms with Gasteiger partial charge < -0.3 is 0 Å². The Labute approximate surface area is 158 Å². The van der Waals surface area contributed by atoms with Crippen LogP contribution >= 0.6 is 23.2 Å². The highest BCUT2D eigenvalue weighted by atomic mass is 35.5. The van der Waals surface area contributed by atoms with Gasteiger partial charge in [0.1, 0.15) is 10.3 Å². The van der Waals surface area contributed by atoms with Gasteiger partial charge in [0.05, 0.1) is 11.4 Å². The Bertz CT molecular complexity index is 854. The molecule has 0 atom stereocenters. The smallest absolute Gasteiger partial charge is 0.131 e. The molecule has 25 heavy (non-hydrogen) atoms. The molecule has 130 valence electrons. The summed E-state index contributed by atoms with van der Waals surface area (Å²) in [7, 11) is 2.07. The molecule has 0 unspecified atom stereocenters. The van der Waals surface area contributed by atoms with Gasteiger partial charge in [-0.25, -0.2) is 9.67 Å². The van der Waals surface area contributed by atoms with Gasteiger partial charge in [-0.05, 0) is 50.7 Å². The normalized spacial score (nSPS) is 11.3. The van der Waals surface area contributed by atoms with Gasteiger partial charge in [-0.15, -0.1) is 0 Å². The summed E-state index contributed by atoms with van der Waals surface area (Å²) in [4.78, 5) is 6.21. The van der Waals surface area contributed by atoms with Crippen LogP contribution in [0.3, 0.4) is 0 Å². The predicted molar refractivity (Wildman–Crippen MR) is 102 cm³/mol. The molecule has 6 heteroatoms. The summed E-state index contributed by atoms with van der Waals surface area (Å²) in [6.45, 7) is 5.69. The van der Waals surface area contributed by atoms with Crippen LogP contribution in [0.4, 0.5) is 0 Å². The lowest BCUT2D eigenvalue weighted by atomic mass is 10.1. The molecular weight excluding hydrogens is 355 g/mol. The van der Waals surface area contributed by atoms with Crippen molar-refractivity contribution in [2.75, 3.05) is 7.05 Å². The largest absolute Gasteiger partial charge is 0.298 e.